The number of hydrogen-bond donors (Lipinski definition) is 1. The van der Waals surface area contributed by atoms with E-state index in [1.54, 1.807) is 4.90 Å². The van der Waals surface area contributed by atoms with Crippen molar-refractivity contribution in [3.05, 3.63) is 35.9 Å². The molecule has 6 nitrogen and oxygen atoms in total. The van der Waals surface area contributed by atoms with E-state index in [0.717, 1.165) is 5.56 Å². The molecule has 6 heteroatoms. The van der Waals surface area contributed by atoms with Crippen LogP contribution in [-0.4, -0.2) is 52.3 Å². The van der Waals surface area contributed by atoms with Crippen LogP contribution in [0.3, 0.4) is 0 Å². The fourth-order valence-electron chi connectivity index (χ4n) is 2.88. The Morgan fingerprint density at radius 2 is 1.78 bits per heavy atom. The van der Waals surface area contributed by atoms with E-state index < -0.39 is 5.97 Å². The van der Waals surface area contributed by atoms with Gasteiger partial charge in [-0.1, -0.05) is 30.3 Å². The molecule has 1 aliphatic rings. The highest BCUT2D eigenvalue weighted by Crippen LogP contribution is 2.21. The number of carbonyl (C=O) groups is 3. The van der Waals surface area contributed by atoms with Crippen LogP contribution in [0.4, 0.5) is 0 Å². The molecule has 1 aliphatic heterocycles. The van der Waals surface area contributed by atoms with Crippen LogP contribution in [0.1, 0.15) is 25.3 Å². The van der Waals surface area contributed by atoms with Gasteiger partial charge in [0.05, 0.1) is 0 Å². The lowest BCUT2D eigenvalue weighted by atomic mass is 9.95. The molecule has 1 aromatic carbocycles. The smallest absolute Gasteiger partial charge is 0.323 e. The van der Waals surface area contributed by atoms with E-state index in [2.05, 4.69) is 0 Å². The predicted molar refractivity (Wildman–Crippen MR) is 84.5 cm³/mol. The average molecular weight is 318 g/mol. The van der Waals surface area contributed by atoms with Gasteiger partial charge in [0.25, 0.3) is 0 Å². The van der Waals surface area contributed by atoms with Crippen molar-refractivity contribution >= 4 is 17.8 Å². The molecule has 0 atom stereocenters. The summed E-state index contributed by atoms with van der Waals surface area (Å²) in [6.07, 6.45) is 1.17. The quantitative estimate of drug-likeness (QED) is 0.889. The number of aliphatic carboxylic acids is 1. The standard InChI is InChI=1S/C17H22N2O4/c1-13(20)18-9-7-15(8-10-18)17(23)19(12-16(21)22)11-14-5-3-2-4-6-14/h2-6,15H,7-12H2,1H3,(H,21,22). The Kier molecular flexibility index (Phi) is 5.73. The van der Waals surface area contributed by atoms with E-state index in [0.29, 0.717) is 32.5 Å². The Bertz CT molecular complexity index is 565. The van der Waals surface area contributed by atoms with Crippen LogP contribution >= 0.6 is 0 Å². The summed E-state index contributed by atoms with van der Waals surface area (Å²) >= 11 is 0. The average Bonchev–Trinajstić information content (AvgIpc) is 2.54. The minimum atomic E-state index is -1.02. The van der Waals surface area contributed by atoms with Crippen LogP contribution in [0.2, 0.25) is 0 Å². The molecule has 23 heavy (non-hydrogen) atoms. The fourth-order valence-corrected chi connectivity index (χ4v) is 2.88. The van der Waals surface area contributed by atoms with E-state index in [-0.39, 0.29) is 24.3 Å². The molecule has 0 radical (unpaired) electrons. The lowest BCUT2D eigenvalue weighted by molar-refractivity contribution is -0.148. The first-order valence-corrected chi connectivity index (χ1v) is 7.77. The van der Waals surface area contributed by atoms with Crippen LogP contribution in [0, 0.1) is 5.92 Å². The van der Waals surface area contributed by atoms with Crippen LogP contribution in [-0.2, 0) is 20.9 Å². The lowest BCUT2D eigenvalue weighted by Crippen LogP contribution is -2.45. The van der Waals surface area contributed by atoms with Gasteiger partial charge in [-0.3, -0.25) is 14.4 Å². The molecule has 0 aromatic heterocycles. The van der Waals surface area contributed by atoms with E-state index in [9.17, 15) is 14.4 Å². The zero-order chi connectivity index (χ0) is 16.8. The van der Waals surface area contributed by atoms with Gasteiger partial charge in [-0.25, -0.2) is 0 Å². The second kappa shape index (κ2) is 7.76. The summed E-state index contributed by atoms with van der Waals surface area (Å²) < 4.78 is 0. The molecule has 1 saturated heterocycles. The van der Waals surface area contributed by atoms with Gasteiger partial charge < -0.3 is 14.9 Å². The van der Waals surface area contributed by atoms with Crippen LogP contribution in [0.25, 0.3) is 0 Å². The number of nitrogens with zero attached hydrogens (tertiary/aromatic N) is 2. The van der Waals surface area contributed by atoms with Gasteiger partial charge in [0.2, 0.25) is 11.8 Å². The normalized spacial score (nSPS) is 15.3. The molecule has 1 aromatic rings. The number of carbonyl (C=O) groups excluding carboxylic acids is 2. The van der Waals surface area contributed by atoms with Gasteiger partial charge in [-0.2, -0.15) is 0 Å². The number of rotatable bonds is 5. The monoisotopic (exact) mass is 318 g/mol. The molecular weight excluding hydrogens is 296 g/mol. The fraction of sp³-hybridized carbons (Fsp3) is 0.471. The van der Waals surface area contributed by atoms with Gasteiger partial charge in [-0.15, -0.1) is 0 Å². The van der Waals surface area contributed by atoms with E-state index in [4.69, 9.17) is 5.11 Å². The third kappa shape index (κ3) is 4.81. The summed E-state index contributed by atoms with van der Waals surface area (Å²) in [6.45, 7) is 2.61. The number of likely N-dealkylation sites (tertiary alicyclic amines) is 1. The second-order valence-corrected chi connectivity index (χ2v) is 5.85. The number of carboxylic acids is 1. The molecular formula is C17H22N2O4. The molecule has 2 rings (SSSR count). The van der Waals surface area contributed by atoms with Gasteiger partial charge in [0, 0.05) is 32.5 Å². The molecule has 0 aliphatic carbocycles. The maximum absolute atomic E-state index is 12.7. The molecule has 1 fully saturated rings. The summed E-state index contributed by atoms with van der Waals surface area (Å²) in [7, 11) is 0. The second-order valence-electron chi connectivity index (χ2n) is 5.85. The Morgan fingerprint density at radius 3 is 2.30 bits per heavy atom. The Morgan fingerprint density at radius 1 is 1.17 bits per heavy atom. The van der Waals surface area contributed by atoms with Crippen molar-refractivity contribution < 1.29 is 19.5 Å². The van der Waals surface area contributed by atoms with Gasteiger partial charge >= 0.3 is 5.97 Å². The number of carboxylic acid groups (broad SMARTS) is 1. The Balaban J connectivity index is 2.02. The molecule has 1 N–H and O–H groups in total. The van der Waals surface area contributed by atoms with Crippen molar-refractivity contribution in [2.75, 3.05) is 19.6 Å². The van der Waals surface area contributed by atoms with Crippen LogP contribution in [0.15, 0.2) is 30.3 Å². The van der Waals surface area contributed by atoms with E-state index in [1.165, 1.54) is 11.8 Å². The highest BCUT2D eigenvalue weighted by Gasteiger charge is 2.30. The SMILES string of the molecule is CC(=O)N1CCC(C(=O)N(CC(=O)O)Cc2ccccc2)CC1. The predicted octanol–water partition coefficient (Wildman–Crippen LogP) is 1.36. The van der Waals surface area contributed by atoms with Crippen molar-refractivity contribution in [2.45, 2.75) is 26.3 Å². The molecule has 0 saturated carbocycles. The van der Waals surface area contributed by atoms with E-state index >= 15 is 0 Å². The van der Waals surface area contributed by atoms with E-state index in [1.807, 2.05) is 30.3 Å². The maximum Gasteiger partial charge on any atom is 0.323 e. The van der Waals surface area contributed by atoms with Crippen molar-refractivity contribution in [2.24, 2.45) is 5.92 Å². The van der Waals surface area contributed by atoms with Crippen molar-refractivity contribution in [1.29, 1.82) is 0 Å². The topological polar surface area (TPSA) is 77.9 Å². The maximum atomic E-state index is 12.7. The highest BCUT2D eigenvalue weighted by molar-refractivity contribution is 5.83. The largest absolute Gasteiger partial charge is 0.480 e. The Labute approximate surface area is 135 Å². The minimum Gasteiger partial charge on any atom is -0.480 e. The first-order chi connectivity index (χ1) is 11.0. The lowest BCUT2D eigenvalue weighted by Gasteiger charge is -2.33. The number of hydrogen-bond acceptors (Lipinski definition) is 3. The molecule has 0 spiro atoms. The molecule has 124 valence electrons. The summed E-state index contributed by atoms with van der Waals surface area (Å²) in [5.74, 6) is -1.36. The van der Waals surface area contributed by atoms with Gasteiger partial charge in [0.1, 0.15) is 6.54 Å². The number of amides is 2. The first kappa shape index (κ1) is 17.0. The summed E-state index contributed by atoms with van der Waals surface area (Å²) in [5, 5.41) is 9.08. The molecule has 1 heterocycles. The van der Waals surface area contributed by atoms with Crippen molar-refractivity contribution in [3.63, 3.8) is 0 Å². The van der Waals surface area contributed by atoms with Gasteiger partial charge in [0.15, 0.2) is 0 Å². The van der Waals surface area contributed by atoms with Crippen LogP contribution < -0.4 is 0 Å². The van der Waals surface area contributed by atoms with Gasteiger partial charge in [-0.05, 0) is 18.4 Å². The molecule has 0 bridgehead atoms. The minimum absolute atomic E-state index is 0.0163. The highest BCUT2D eigenvalue weighted by atomic mass is 16.4. The Hall–Kier alpha value is -2.37. The molecule has 0 unspecified atom stereocenters. The number of piperidine rings is 1. The summed E-state index contributed by atoms with van der Waals surface area (Å²) in [5.41, 5.74) is 0.906. The van der Waals surface area contributed by atoms with Crippen molar-refractivity contribution in [3.8, 4) is 0 Å². The number of benzene rings is 1. The zero-order valence-electron chi connectivity index (χ0n) is 13.3. The zero-order valence-corrected chi connectivity index (χ0v) is 13.3. The third-order valence-electron chi connectivity index (χ3n) is 4.14. The summed E-state index contributed by atoms with van der Waals surface area (Å²) in [6, 6.07) is 9.36. The molecule has 2 amide bonds. The summed E-state index contributed by atoms with van der Waals surface area (Å²) in [4.78, 5) is 38.2. The van der Waals surface area contributed by atoms with Crippen molar-refractivity contribution in [1.82, 2.24) is 9.80 Å². The first-order valence-electron chi connectivity index (χ1n) is 7.77. The van der Waals surface area contributed by atoms with Crippen LogP contribution in [0.5, 0.6) is 0 Å². The third-order valence-corrected chi connectivity index (χ3v) is 4.14.